The van der Waals surface area contributed by atoms with Gasteiger partial charge in [-0.15, -0.1) is 0 Å². The molecule has 20 heteroatoms. The summed E-state index contributed by atoms with van der Waals surface area (Å²) in [5.74, 6) is 0. The summed E-state index contributed by atoms with van der Waals surface area (Å²) in [5, 5.41) is 7.86. The lowest BCUT2D eigenvalue weighted by Gasteiger charge is -2.39. The Morgan fingerprint density at radius 1 is 0.629 bits per heavy atom. The van der Waals surface area contributed by atoms with Crippen molar-refractivity contribution in [1.82, 2.24) is 8.61 Å². The Labute approximate surface area is 360 Å². The number of amides is 2. The van der Waals surface area contributed by atoms with E-state index in [4.69, 9.17) is 9.47 Å². The molecule has 4 aromatic rings. The summed E-state index contributed by atoms with van der Waals surface area (Å²) >= 11 is 0. The number of carbonyl (C=O) groups excluding carboxylic acids is 2. The molecule has 4 heterocycles. The minimum Gasteiger partial charge on any atom is -0.449 e. The van der Waals surface area contributed by atoms with Crippen molar-refractivity contribution in [2.24, 2.45) is 10.2 Å². The van der Waals surface area contributed by atoms with Gasteiger partial charge in [0.1, 0.15) is 12.3 Å². The van der Waals surface area contributed by atoms with Crippen LogP contribution in [0.25, 0.3) is 20.9 Å². The van der Waals surface area contributed by atoms with Gasteiger partial charge in [0, 0.05) is 22.9 Å². The van der Waals surface area contributed by atoms with E-state index in [-0.39, 0.29) is 36.1 Å². The van der Waals surface area contributed by atoms with Crippen LogP contribution in [0.3, 0.4) is 0 Å². The Balaban J connectivity index is 0.000000186. The maximum Gasteiger partial charge on any atom is 0.414 e. The zero-order valence-corrected chi connectivity index (χ0v) is 36.2. The van der Waals surface area contributed by atoms with Gasteiger partial charge in [-0.3, -0.25) is 9.80 Å². The number of fused-ring (bicyclic) bond motifs is 4. The second kappa shape index (κ2) is 17.3. The third kappa shape index (κ3) is 7.07. The number of aryl methyl sites for hydroxylation is 2. The molecule has 18 nitrogen and oxygen atoms in total. The van der Waals surface area contributed by atoms with Crippen molar-refractivity contribution in [2.75, 3.05) is 36.1 Å². The first-order valence-corrected chi connectivity index (χ1v) is 23.0. The van der Waals surface area contributed by atoms with Gasteiger partial charge in [0.25, 0.3) is 0 Å². The molecule has 8 rings (SSSR count). The van der Waals surface area contributed by atoms with Gasteiger partial charge in [-0.05, 0) is 112 Å². The molecule has 2 fully saturated rings. The smallest absolute Gasteiger partial charge is 0.414 e. The predicted octanol–water partition coefficient (Wildman–Crippen LogP) is 8.58. The number of sulfonamides is 2. The number of anilines is 2. The molecule has 0 aromatic heterocycles. The first-order valence-electron chi connectivity index (χ1n) is 20.1. The Hall–Kier alpha value is -6.14. The fourth-order valence-electron chi connectivity index (χ4n) is 9.27. The number of nitrogens with zero attached hydrogens (tertiary/aromatic N) is 10. The molecule has 4 aliphatic heterocycles. The van der Waals surface area contributed by atoms with Crippen LogP contribution in [-0.2, 0) is 40.6 Å². The van der Waals surface area contributed by atoms with Gasteiger partial charge in [-0.2, -0.15) is 8.61 Å². The van der Waals surface area contributed by atoms with E-state index < -0.39 is 55.6 Å². The van der Waals surface area contributed by atoms with Crippen LogP contribution >= 0.6 is 0 Å². The average molecular weight is 883 g/mol. The van der Waals surface area contributed by atoms with Crippen molar-refractivity contribution in [3.8, 4) is 0 Å². The molecule has 324 valence electrons. The van der Waals surface area contributed by atoms with Crippen LogP contribution in [0.1, 0.15) is 61.8 Å². The quantitative estimate of drug-likeness (QED) is 0.0942. The lowest BCUT2D eigenvalue weighted by Crippen LogP contribution is -2.54. The third-order valence-electron chi connectivity index (χ3n) is 11.8. The fraction of sp³-hybridized carbons (Fsp3) is 0.381. The minimum absolute atomic E-state index is 0.138. The number of hydrogen-bond donors (Lipinski definition) is 0. The van der Waals surface area contributed by atoms with Crippen LogP contribution in [0.5, 0.6) is 0 Å². The van der Waals surface area contributed by atoms with Crippen LogP contribution < -0.4 is 9.80 Å². The molecule has 2 amide bonds. The van der Waals surface area contributed by atoms with Crippen molar-refractivity contribution in [1.29, 1.82) is 0 Å². The summed E-state index contributed by atoms with van der Waals surface area (Å²) in [6.07, 6.45) is -1.61. The predicted molar refractivity (Wildman–Crippen MR) is 230 cm³/mol. The number of ether oxygens (including phenoxy) is 2. The van der Waals surface area contributed by atoms with E-state index in [2.05, 4.69) is 20.1 Å². The van der Waals surface area contributed by atoms with E-state index >= 15 is 0 Å². The van der Waals surface area contributed by atoms with Gasteiger partial charge in [0.2, 0.25) is 20.0 Å². The summed E-state index contributed by atoms with van der Waals surface area (Å²) in [7, 11) is -7.86. The molecule has 4 aliphatic rings. The van der Waals surface area contributed by atoms with E-state index in [1.54, 1.807) is 111 Å². The number of rotatable bonds is 8. The molecule has 62 heavy (non-hydrogen) atoms. The third-order valence-corrected chi connectivity index (χ3v) is 15.7. The summed E-state index contributed by atoms with van der Waals surface area (Å²) < 4.78 is 68.1. The van der Waals surface area contributed by atoms with E-state index in [0.717, 1.165) is 11.1 Å². The highest BCUT2D eigenvalue weighted by Gasteiger charge is 2.63. The molecule has 2 saturated heterocycles. The van der Waals surface area contributed by atoms with Crippen molar-refractivity contribution >= 4 is 43.6 Å². The minimum atomic E-state index is -3.93. The average Bonchev–Trinajstić information content (AvgIpc) is 4.03. The lowest BCUT2D eigenvalue weighted by molar-refractivity contribution is 0.146. The maximum atomic E-state index is 13.7. The van der Waals surface area contributed by atoms with E-state index in [1.165, 1.54) is 18.4 Å². The zero-order valence-electron chi connectivity index (χ0n) is 34.6. The number of para-hydroxylation sites is 2. The molecule has 0 N–H and O–H groups in total. The molecular weight excluding hydrogens is 837 g/mol. The van der Waals surface area contributed by atoms with E-state index in [1.807, 2.05) is 13.8 Å². The highest BCUT2D eigenvalue weighted by molar-refractivity contribution is 7.89. The highest BCUT2D eigenvalue weighted by atomic mass is 32.2. The molecule has 0 bridgehead atoms. The lowest BCUT2D eigenvalue weighted by atomic mass is 9.88. The first-order chi connectivity index (χ1) is 29.7. The SMILES string of the molecule is CCOC(=O)N1c2ccccc2[C@@]2(CCCN2S(=O)(=O)c2ccc(C)cc2)[C@H]1N=[N+]=[N-].CCOC(=O)N1c2ccccc2[C@]2(CCCN2S(=O)(=O)c2ccc(C)cc2)[C@@H]1N=[N+]=[N-]. The molecule has 4 atom stereocenters. The summed E-state index contributed by atoms with van der Waals surface area (Å²) in [6.45, 7) is 7.91. The molecule has 0 aliphatic carbocycles. The van der Waals surface area contributed by atoms with Gasteiger partial charge < -0.3 is 9.47 Å². The van der Waals surface area contributed by atoms with Gasteiger partial charge in [-0.1, -0.05) is 82.0 Å². The van der Waals surface area contributed by atoms with E-state index in [9.17, 15) is 37.5 Å². The van der Waals surface area contributed by atoms with Crippen molar-refractivity contribution < 1.29 is 35.9 Å². The molecule has 2 spiro atoms. The summed E-state index contributed by atoms with van der Waals surface area (Å²) in [6, 6.07) is 27.4. The topological polar surface area (TPSA) is 231 Å². The normalized spacial score (nSPS) is 22.9. The van der Waals surface area contributed by atoms with Crippen molar-refractivity contribution in [3.05, 3.63) is 140 Å². The zero-order chi connectivity index (χ0) is 44.5. The summed E-state index contributed by atoms with van der Waals surface area (Å²) in [4.78, 5) is 34.5. The number of azide groups is 2. The standard InChI is InChI=1S/2C21H23N5O4S/c2*1-3-30-20(27)26-18-8-5-4-7-17(18)21(19(26)23-24-22)13-6-14-25(21)31(28,29)16-11-9-15(2)10-12-16/h2*4-5,7-12,19H,3,6,13-14H2,1-2H3/t2*19-,21-/m10/s1. The molecular formula is C42H46N10O8S2. The number of benzene rings is 4. The Morgan fingerprint density at radius 3 is 1.32 bits per heavy atom. The summed E-state index contributed by atoms with van der Waals surface area (Å²) in [5.41, 5.74) is 20.4. The Morgan fingerprint density at radius 2 is 0.984 bits per heavy atom. The van der Waals surface area contributed by atoms with Crippen molar-refractivity contribution in [3.63, 3.8) is 0 Å². The first kappa shape index (κ1) is 43.9. The van der Waals surface area contributed by atoms with Gasteiger partial charge >= 0.3 is 12.2 Å². The second-order valence-corrected chi connectivity index (χ2v) is 18.9. The number of hydrogen-bond acceptors (Lipinski definition) is 10. The monoisotopic (exact) mass is 882 g/mol. The second-order valence-electron chi connectivity index (χ2n) is 15.2. The van der Waals surface area contributed by atoms with Gasteiger partial charge in [0.05, 0.1) is 45.5 Å². The van der Waals surface area contributed by atoms with Crippen LogP contribution in [0.4, 0.5) is 21.0 Å². The fourth-order valence-corrected chi connectivity index (χ4v) is 12.9. The van der Waals surface area contributed by atoms with Crippen LogP contribution in [0.2, 0.25) is 0 Å². The van der Waals surface area contributed by atoms with Crippen LogP contribution in [-0.4, -0.2) is 76.3 Å². The van der Waals surface area contributed by atoms with Gasteiger partial charge in [0.15, 0.2) is 0 Å². The highest BCUT2D eigenvalue weighted by Crippen LogP contribution is 2.57. The van der Waals surface area contributed by atoms with Crippen molar-refractivity contribution in [2.45, 2.75) is 86.6 Å². The van der Waals surface area contributed by atoms with Crippen LogP contribution in [0.15, 0.2) is 117 Å². The largest absolute Gasteiger partial charge is 0.449 e. The van der Waals surface area contributed by atoms with Gasteiger partial charge in [-0.25, -0.2) is 26.4 Å². The molecule has 4 aromatic carbocycles. The maximum absolute atomic E-state index is 13.7. The molecule has 0 unspecified atom stereocenters. The Bertz CT molecular complexity index is 2510. The van der Waals surface area contributed by atoms with E-state index in [0.29, 0.717) is 48.2 Å². The Kier molecular flexibility index (Phi) is 12.3. The molecule has 0 radical (unpaired) electrons. The molecule has 0 saturated carbocycles. The van der Waals surface area contributed by atoms with Crippen LogP contribution in [0, 0.1) is 13.8 Å². The number of carbonyl (C=O) groups is 2.